The molecule has 0 aliphatic heterocycles. The summed E-state index contributed by atoms with van der Waals surface area (Å²) < 4.78 is 5.58. The molecule has 0 unspecified atom stereocenters. The van der Waals surface area contributed by atoms with Crippen LogP contribution in [0, 0.1) is 0 Å². The van der Waals surface area contributed by atoms with Gasteiger partial charge in [0.1, 0.15) is 5.75 Å². The molecule has 0 saturated heterocycles. The summed E-state index contributed by atoms with van der Waals surface area (Å²) in [6.07, 6.45) is 2.12. The van der Waals surface area contributed by atoms with Crippen LogP contribution in [0.25, 0.3) is 0 Å². The van der Waals surface area contributed by atoms with Crippen molar-refractivity contribution in [2.24, 2.45) is 0 Å². The summed E-state index contributed by atoms with van der Waals surface area (Å²) in [5, 5.41) is 4.58. The van der Waals surface area contributed by atoms with Crippen LogP contribution < -0.4 is 10.1 Å². The predicted molar refractivity (Wildman–Crippen MR) is 74.3 cm³/mol. The molecule has 0 aromatic heterocycles. The molecule has 2 nitrogen and oxygen atoms in total. The maximum Gasteiger partial charge on any atom is 0.122 e. The quantitative estimate of drug-likeness (QED) is 0.755. The van der Waals surface area contributed by atoms with Gasteiger partial charge < -0.3 is 10.1 Å². The van der Waals surface area contributed by atoms with E-state index in [-0.39, 0.29) is 0 Å². The molecule has 0 spiro atoms. The van der Waals surface area contributed by atoms with E-state index in [0.717, 1.165) is 25.1 Å². The number of halogens is 2. The minimum absolute atomic E-state index is 0.544. The highest BCUT2D eigenvalue weighted by molar-refractivity contribution is 6.34. The fourth-order valence-electron chi connectivity index (χ4n) is 1.42. The Morgan fingerprint density at radius 3 is 2.35 bits per heavy atom. The third-order valence-corrected chi connectivity index (χ3v) is 2.66. The summed E-state index contributed by atoms with van der Waals surface area (Å²) in [7, 11) is 0. The van der Waals surface area contributed by atoms with E-state index in [9.17, 15) is 0 Å². The summed E-state index contributed by atoms with van der Waals surface area (Å²) in [5.74, 6) is 0.735. The van der Waals surface area contributed by atoms with Crippen LogP contribution in [0.4, 0.5) is 0 Å². The van der Waals surface area contributed by atoms with Gasteiger partial charge in [0.25, 0.3) is 0 Å². The molecule has 0 radical (unpaired) electrons. The second-order valence-electron chi connectivity index (χ2n) is 4.27. The van der Waals surface area contributed by atoms with E-state index in [1.54, 1.807) is 18.2 Å². The van der Waals surface area contributed by atoms with Crippen molar-refractivity contribution >= 4 is 23.2 Å². The Balaban J connectivity index is 2.18. The first kappa shape index (κ1) is 14.6. The van der Waals surface area contributed by atoms with Crippen molar-refractivity contribution in [2.75, 3.05) is 13.2 Å². The minimum Gasteiger partial charge on any atom is -0.493 e. The monoisotopic (exact) mass is 275 g/mol. The van der Waals surface area contributed by atoms with Gasteiger partial charge in [0.15, 0.2) is 0 Å². The lowest BCUT2D eigenvalue weighted by atomic mass is 10.3. The average molecular weight is 276 g/mol. The molecule has 0 amide bonds. The summed E-state index contributed by atoms with van der Waals surface area (Å²) in [6, 6.07) is 5.80. The molecule has 1 aromatic carbocycles. The SMILES string of the molecule is CC(C)NCCCCOc1cc(Cl)cc(Cl)c1. The molecule has 0 aliphatic rings. The predicted octanol–water partition coefficient (Wildman–Crippen LogP) is 4.15. The summed E-state index contributed by atoms with van der Waals surface area (Å²) in [4.78, 5) is 0. The molecule has 4 heteroatoms. The van der Waals surface area contributed by atoms with Crippen LogP contribution in [0.15, 0.2) is 18.2 Å². The number of hydrogen-bond donors (Lipinski definition) is 1. The second kappa shape index (κ2) is 7.80. The lowest BCUT2D eigenvalue weighted by molar-refractivity contribution is 0.305. The Labute approximate surface area is 113 Å². The van der Waals surface area contributed by atoms with Gasteiger partial charge in [-0.05, 0) is 37.6 Å². The van der Waals surface area contributed by atoms with Gasteiger partial charge in [-0.1, -0.05) is 37.0 Å². The Morgan fingerprint density at radius 1 is 1.12 bits per heavy atom. The number of benzene rings is 1. The highest BCUT2D eigenvalue weighted by atomic mass is 35.5. The van der Waals surface area contributed by atoms with Crippen LogP contribution >= 0.6 is 23.2 Å². The maximum atomic E-state index is 5.87. The molecular formula is C13H19Cl2NO. The Bertz CT molecular complexity index is 322. The number of hydrogen-bond acceptors (Lipinski definition) is 2. The molecule has 0 heterocycles. The first-order chi connectivity index (χ1) is 8.08. The Kier molecular flexibility index (Phi) is 6.71. The fourth-order valence-corrected chi connectivity index (χ4v) is 1.93. The number of rotatable bonds is 7. The molecule has 1 aromatic rings. The van der Waals surface area contributed by atoms with Crippen molar-refractivity contribution in [3.05, 3.63) is 28.2 Å². The molecule has 96 valence electrons. The van der Waals surface area contributed by atoms with Crippen molar-refractivity contribution in [2.45, 2.75) is 32.7 Å². The van der Waals surface area contributed by atoms with Gasteiger partial charge in [0.2, 0.25) is 0 Å². The van der Waals surface area contributed by atoms with Crippen LogP contribution in [-0.4, -0.2) is 19.2 Å². The first-order valence-corrected chi connectivity index (χ1v) is 6.66. The van der Waals surface area contributed by atoms with Gasteiger partial charge in [-0.25, -0.2) is 0 Å². The second-order valence-corrected chi connectivity index (χ2v) is 5.14. The van der Waals surface area contributed by atoms with Crippen LogP contribution in [-0.2, 0) is 0 Å². The molecule has 0 atom stereocenters. The van der Waals surface area contributed by atoms with E-state index in [0.29, 0.717) is 22.7 Å². The van der Waals surface area contributed by atoms with Crippen LogP contribution in [0.5, 0.6) is 5.75 Å². The third-order valence-electron chi connectivity index (χ3n) is 2.23. The molecular weight excluding hydrogens is 257 g/mol. The normalized spacial score (nSPS) is 10.9. The standard InChI is InChI=1S/C13H19Cl2NO/c1-10(2)16-5-3-4-6-17-13-8-11(14)7-12(15)9-13/h7-10,16H,3-6H2,1-2H3. The van der Waals surface area contributed by atoms with E-state index < -0.39 is 0 Å². The zero-order valence-corrected chi connectivity index (χ0v) is 11.8. The molecule has 0 fully saturated rings. The summed E-state index contributed by atoms with van der Waals surface area (Å²) >= 11 is 11.7. The van der Waals surface area contributed by atoms with Gasteiger partial charge in [0.05, 0.1) is 6.61 Å². The van der Waals surface area contributed by atoms with Crippen molar-refractivity contribution in [1.29, 1.82) is 0 Å². The van der Waals surface area contributed by atoms with E-state index in [1.165, 1.54) is 0 Å². The number of ether oxygens (including phenoxy) is 1. The number of unbranched alkanes of at least 4 members (excludes halogenated alkanes) is 1. The third kappa shape index (κ3) is 6.77. The summed E-state index contributed by atoms with van der Waals surface area (Å²) in [5.41, 5.74) is 0. The first-order valence-electron chi connectivity index (χ1n) is 5.90. The molecule has 0 aliphatic carbocycles. The van der Waals surface area contributed by atoms with Gasteiger partial charge in [-0.3, -0.25) is 0 Å². The molecule has 17 heavy (non-hydrogen) atoms. The Morgan fingerprint density at radius 2 is 1.76 bits per heavy atom. The van der Waals surface area contributed by atoms with Gasteiger partial charge >= 0.3 is 0 Å². The minimum atomic E-state index is 0.544. The number of nitrogens with one attached hydrogen (secondary N) is 1. The van der Waals surface area contributed by atoms with Gasteiger partial charge in [0, 0.05) is 16.1 Å². The highest BCUT2D eigenvalue weighted by Gasteiger charge is 1.99. The smallest absolute Gasteiger partial charge is 0.122 e. The molecule has 1 rings (SSSR count). The topological polar surface area (TPSA) is 21.3 Å². The van der Waals surface area contributed by atoms with Crippen molar-refractivity contribution in [1.82, 2.24) is 5.32 Å². The lowest BCUT2D eigenvalue weighted by Crippen LogP contribution is -2.23. The van der Waals surface area contributed by atoms with Gasteiger partial charge in [-0.2, -0.15) is 0 Å². The van der Waals surface area contributed by atoms with Crippen molar-refractivity contribution in [3.63, 3.8) is 0 Å². The highest BCUT2D eigenvalue weighted by Crippen LogP contribution is 2.24. The molecule has 1 N–H and O–H groups in total. The van der Waals surface area contributed by atoms with Crippen LogP contribution in [0.1, 0.15) is 26.7 Å². The fraction of sp³-hybridized carbons (Fsp3) is 0.538. The average Bonchev–Trinajstić information content (AvgIpc) is 2.21. The maximum absolute atomic E-state index is 5.87. The largest absolute Gasteiger partial charge is 0.493 e. The van der Waals surface area contributed by atoms with E-state index >= 15 is 0 Å². The van der Waals surface area contributed by atoms with E-state index in [2.05, 4.69) is 19.2 Å². The Hall–Kier alpha value is -0.440. The zero-order chi connectivity index (χ0) is 12.7. The van der Waals surface area contributed by atoms with E-state index in [4.69, 9.17) is 27.9 Å². The molecule has 0 saturated carbocycles. The van der Waals surface area contributed by atoms with Crippen molar-refractivity contribution in [3.8, 4) is 5.75 Å². The van der Waals surface area contributed by atoms with Crippen LogP contribution in [0.2, 0.25) is 10.0 Å². The summed E-state index contributed by atoms with van der Waals surface area (Å²) in [6.45, 7) is 6.00. The van der Waals surface area contributed by atoms with Crippen molar-refractivity contribution < 1.29 is 4.74 Å². The van der Waals surface area contributed by atoms with E-state index in [1.807, 2.05) is 0 Å². The van der Waals surface area contributed by atoms with Gasteiger partial charge in [-0.15, -0.1) is 0 Å². The van der Waals surface area contributed by atoms with Crippen LogP contribution in [0.3, 0.4) is 0 Å². The zero-order valence-electron chi connectivity index (χ0n) is 10.3. The molecule has 0 bridgehead atoms. The lowest BCUT2D eigenvalue weighted by Gasteiger charge is -2.09.